The first-order chi connectivity index (χ1) is 6.59. The van der Waals surface area contributed by atoms with Crippen LogP contribution in [0.5, 0.6) is 5.75 Å². The van der Waals surface area contributed by atoms with Crippen molar-refractivity contribution >= 4 is 17.6 Å². The van der Waals surface area contributed by atoms with Gasteiger partial charge in [-0.15, -0.1) is 0 Å². The van der Waals surface area contributed by atoms with Crippen LogP contribution in [0.15, 0.2) is 18.2 Å². The summed E-state index contributed by atoms with van der Waals surface area (Å²) in [5.41, 5.74) is 0.907. The van der Waals surface area contributed by atoms with Crippen molar-refractivity contribution in [3.8, 4) is 5.75 Å². The molecule has 0 saturated heterocycles. The third kappa shape index (κ3) is 3.26. The maximum atomic E-state index is 10.4. The summed E-state index contributed by atoms with van der Waals surface area (Å²) in [7, 11) is 0. The molecule has 0 aliphatic rings. The van der Waals surface area contributed by atoms with E-state index in [0.29, 0.717) is 10.8 Å². The average molecular weight is 215 g/mol. The molecule has 0 N–H and O–H groups in total. The molecule has 0 aliphatic heterocycles. The SMILES string of the molecule is CC(=O)OCOc1ccc(Cl)cc1C. The van der Waals surface area contributed by atoms with Gasteiger partial charge >= 0.3 is 5.97 Å². The lowest BCUT2D eigenvalue weighted by Crippen LogP contribution is -2.07. The highest BCUT2D eigenvalue weighted by Gasteiger charge is 2.00. The highest BCUT2D eigenvalue weighted by atomic mass is 35.5. The molecule has 3 nitrogen and oxygen atoms in total. The predicted octanol–water partition coefficient (Wildman–Crippen LogP) is 2.55. The molecule has 0 unspecified atom stereocenters. The van der Waals surface area contributed by atoms with Gasteiger partial charge in [-0.25, -0.2) is 0 Å². The zero-order valence-electron chi connectivity index (χ0n) is 8.04. The lowest BCUT2D eigenvalue weighted by molar-refractivity contribution is -0.147. The first-order valence-corrected chi connectivity index (χ1v) is 4.49. The maximum Gasteiger partial charge on any atom is 0.305 e. The number of hydrogen-bond acceptors (Lipinski definition) is 3. The Hall–Kier alpha value is -1.22. The van der Waals surface area contributed by atoms with Crippen LogP contribution in [0, 0.1) is 6.92 Å². The van der Waals surface area contributed by atoms with E-state index >= 15 is 0 Å². The van der Waals surface area contributed by atoms with Crippen molar-refractivity contribution in [3.05, 3.63) is 28.8 Å². The molecule has 1 aromatic carbocycles. The minimum atomic E-state index is -0.364. The summed E-state index contributed by atoms with van der Waals surface area (Å²) in [4.78, 5) is 10.4. The van der Waals surface area contributed by atoms with E-state index in [0.717, 1.165) is 5.56 Å². The number of benzene rings is 1. The molecule has 1 aromatic rings. The minimum absolute atomic E-state index is 0.0716. The summed E-state index contributed by atoms with van der Waals surface area (Å²) in [6.07, 6.45) is 0. The van der Waals surface area contributed by atoms with Gasteiger partial charge in [0.2, 0.25) is 6.79 Å². The molecule has 0 fully saturated rings. The van der Waals surface area contributed by atoms with E-state index in [9.17, 15) is 4.79 Å². The Balaban J connectivity index is 2.55. The largest absolute Gasteiger partial charge is 0.457 e. The molecule has 0 aliphatic carbocycles. The number of carbonyl (C=O) groups is 1. The molecule has 76 valence electrons. The summed E-state index contributed by atoms with van der Waals surface area (Å²) in [6, 6.07) is 5.24. The second-order valence-electron chi connectivity index (χ2n) is 2.81. The fraction of sp³-hybridized carbons (Fsp3) is 0.300. The average Bonchev–Trinajstić information content (AvgIpc) is 2.08. The molecule has 4 heteroatoms. The van der Waals surface area contributed by atoms with E-state index < -0.39 is 0 Å². The van der Waals surface area contributed by atoms with Gasteiger partial charge in [0.15, 0.2) is 0 Å². The molecule has 14 heavy (non-hydrogen) atoms. The molecule has 1 rings (SSSR count). The highest BCUT2D eigenvalue weighted by Crippen LogP contribution is 2.21. The summed E-state index contributed by atoms with van der Waals surface area (Å²) in [6.45, 7) is 3.13. The predicted molar refractivity (Wildman–Crippen MR) is 53.5 cm³/mol. The fourth-order valence-electron chi connectivity index (χ4n) is 0.951. The van der Waals surface area contributed by atoms with Gasteiger partial charge in [0.25, 0.3) is 0 Å². The normalized spacial score (nSPS) is 9.64. The Labute approximate surface area is 87.6 Å². The Morgan fingerprint density at radius 3 is 2.79 bits per heavy atom. The molecule has 0 amide bonds. The van der Waals surface area contributed by atoms with Crippen LogP contribution >= 0.6 is 11.6 Å². The van der Waals surface area contributed by atoms with Crippen LogP contribution in [0.3, 0.4) is 0 Å². The summed E-state index contributed by atoms with van der Waals surface area (Å²) < 4.78 is 9.84. The number of aryl methyl sites for hydroxylation is 1. The van der Waals surface area contributed by atoms with Gasteiger partial charge in [-0.1, -0.05) is 11.6 Å². The van der Waals surface area contributed by atoms with Gasteiger partial charge in [0.05, 0.1) is 0 Å². The van der Waals surface area contributed by atoms with Gasteiger partial charge in [-0.2, -0.15) is 0 Å². The van der Waals surface area contributed by atoms with Gasteiger partial charge in [-0.05, 0) is 30.7 Å². The summed E-state index contributed by atoms with van der Waals surface area (Å²) in [5.74, 6) is 0.298. The van der Waals surface area contributed by atoms with E-state index in [1.54, 1.807) is 18.2 Å². The number of carbonyl (C=O) groups excluding carboxylic acids is 1. The van der Waals surface area contributed by atoms with Crippen molar-refractivity contribution in [2.24, 2.45) is 0 Å². The second kappa shape index (κ2) is 4.86. The van der Waals surface area contributed by atoms with Crippen LogP contribution in [0.2, 0.25) is 5.02 Å². The van der Waals surface area contributed by atoms with Crippen LogP contribution in [-0.4, -0.2) is 12.8 Å². The third-order valence-electron chi connectivity index (χ3n) is 1.61. The van der Waals surface area contributed by atoms with Crippen molar-refractivity contribution in [2.75, 3.05) is 6.79 Å². The van der Waals surface area contributed by atoms with Crippen molar-refractivity contribution in [3.63, 3.8) is 0 Å². The Morgan fingerprint density at radius 2 is 2.21 bits per heavy atom. The summed E-state index contributed by atoms with van der Waals surface area (Å²) in [5, 5.41) is 0.655. The maximum absolute atomic E-state index is 10.4. The second-order valence-corrected chi connectivity index (χ2v) is 3.24. The summed E-state index contributed by atoms with van der Waals surface area (Å²) >= 11 is 5.76. The van der Waals surface area contributed by atoms with Crippen LogP contribution in [0.25, 0.3) is 0 Å². The first-order valence-electron chi connectivity index (χ1n) is 4.12. The van der Waals surface area contributed by atoms with Gasteiger partial charge in [0.1, 0.15) is 5.75 Å². The van der Waals surface area contributed by atoms with Gasteiger partial charge < -0.3 is 9.47 Å². The molecule has 0 radical (unpaired) electrons. The van der Waals surface area contributed by atoms with Crippen LogP contribution in [0.1, 0.15) is 12.5 Å². The Morgan fingerprint density at radius 1 is 1.50 bits per heavy atom. The lowest BCUT2D eigenvalue weighted by Gasteiger charge is -2.08. The van der Waals surface area contributed by atoms with E-state index in [1.807, 2.05) is 6.92 Å². The molecule has 0 atom stereocenters. The molecule has 0 saturated carbocycles. The molecule has 0 bridgehead atoms. The van der Waals surface area contributed by atoms with Crippen LogP contribution in [0.4, 0.5) is 0 Å². The van der Waals surface area contributed by atoms with Crippen LogP contribution in [-0.2, 0) is 9.53 Å². The molecule has 0 spiro atoms. The van der Waals surface area contributed by atoms with Gasteiger partial charge in [0, 0.05) is 11.9 Å². The smallest absolute Gasteiger partial charge is 0.305 e. The third-order valence-corrected chi connectivity index (χ3v) is 1.85. The zero-order chi connectivity index (χ0) is 10.6. The molecular formula is C10H11ClO3. The Kier molecular flexibility index (Phi) is 3.77. The topological polar surface area (TPSA) is 35.5 Å². The van der Waals surface area contributed by atoms with E-state index in [4.69, 9.17) is 16.3 Å². The first kappa shape index (κ1) is 10.9. The standard InChI is InChI=1S/C10H11ClO3/c1-7-5-9(11)3-4-10(7)14-6-13-8(2)12/h3-5H,6H2,1-2H3. The van der Waals surface area contributed by atoms with E-state index in [1.165, 1.54) is 6.92 Å². The number of esters is 1. The molecular weight excluding hydrogens is 204 g/mol. The number of rotatable bonds is 3. The quantitative estimate of drug-likeness (QED) is 0.573. The van der Waals surface area contributed by atoms with Crippen molar-refractivity contribution in [1.82, 2.24) is 0 Å². The number of ether oxygens (including phenoxy) is 2. The minimum Gasteiger partial charge on any atom is -0.457 e. The number of hydrogen-bond donors (Lipinski definition) is 0. The number of halogens is 1. The fourth-order valence-corrected chi connectivity index (χ4v) is 1.18. The highest BCUT2D eigenvalue weighted by molar-refractivity contribution is 6.30. The van der Waals surface area contributed by atoms with Crippen molar-refractivity contribution < 1.29 is 14.3 Å². The lowest BCUT2D eigenvalue weighted by atomic mass is 10.2. The Bertz CT molecular complexity index is 336. The van der Waals surface area contributed by atoms with Crippen molar-refractivity contribution in [2.45, 2.75) is 13.8 Å². The van der Waals surface area contributed by atoms with E-state index in [-0.39, 0.29) is 12.8 Å². The molecule has 0 aromatic heterocycles. The van der Waals surface area contributed by atoms with Crippen LogP contribution < -0.4 is 4.74 Å². The van der Waals surface area contributed by atoms with Crippen molar-refractivity contribution in [1.29, 1.82) is 0 Å². The zero-order valence-corrected chi connectivity index (χ0v) is 8.80. The van der Waals surface area contributed by atoms with E-state index in [2.05, 4.69) is 4.74 Å². The molecule has 0 heterocycles. The van der Waals surface area contributed by atoms with Gasteiger partial charge in [-0.3, -0.25) is 4.79 Å². The monoisotopic (exact) mass is 214 g/mol.